The monoisotopic (exact) mass is 264 g/mol. The lowest BCUT2D eigenvalue weighted by Crippen LogP contribution is -2.26. The van der Waals surface area contributed by atoms with Gasteiger partial charge in [-0.2, -0.15) is 0 Å². The number of rotatable bonds is 4. The molecular weight excluding hydrogens is 248 g/mol. The fourth-order valence-corrected chi connectivity index (χ4v) is 2.30. The van der Waals surface area contributed by atoms with Gasteiger partial charge < -0.3 is 4.74 Å². The number of allylic oxidation sites excluding steroid dienone is 1. The molecule has 0 fully saturated rings. The lowest BCUT2D eigenvalue weighted by atomic mass is 9.94. The number of Topliss-reactive ketones (excluding diaryl/α,β-unsaturated/α-hetero) is 1. The van der Waals surface area contributed by atoms with Crippen LogP contribution in [0.1, 0.15) is 32.6 Å². The van der Waals surface area contributed by atoms with Crippen LogP contribution in [-0.2, 0) is 4.79 Å². The van der Waals surface area contributed by atoms with Gasteiger partial charge in [-0.15, -0.1) is 0 Å². The molecule has 96 valence electrons. The van der Waals surface area contributed by atoms with Crippen molar-refractivity contribution in [3.63, 3.8) is 0 Å². The molecule has 0 saturated carbocycles. The van der Waals surface area contributed by atoms with Gasteiger partial charge in [0.2, 0.25) is 0 Å². The summed E-state index contributed by atoms with van der Waals surface area (Å²) < 4.78 is 5.64. The van der Waals surface area contributed by atoms with Gasteiger partial charge in [0.05, 0.1) is 0 Å². The van der Waals surface area contributed by atoms with E-state index in [4.69, 9.17) is 16.3 Å². The number of ketones is 1. The smallest absolute Gasteiger partial charge is 0.198 e. The van der Waals surface area contributed by atoms with E-state index in [2.05, 4.69) is 0 Å². The third-order valence-electron chi connectivity index (χ3n) is 3.09. The van der Waals surface area contributed by atoms with Gasteiger partial charge in [-0.3, -0.25) is 4.79 Å². The van der Waals surface area contributed by atoms with Crippen LogP contribution in [0.2, 0.25) is 5.02 Å². The van der Waals surface area contributed by atoms with Crippen LogP contribution >= 0.6 is 11.6 Å². The van der Waals surface area contributed by atoms with E-state index in [0.29, 0.717) is 10.8 Å². The van der Waals surface area contributed by atoms with Gasteiger partial charge in [0.1, 0.15) is 5.75 Å². The largest absolute Gasteiger partial charge is 0.483 e. The average Bonchev–Trinajstić information content (AvgIpc) is 2.39. The van der Waals surface area contributed by atoms with Crippen LogP contribution in [-0.4, -0.2) is 11.9 Å². The Kier molecular flexibility index (Phi) is 4.43. The molecule has 0 saturated heterocycles. The lowest BCUT2D eigenvalue weighted by molar-refractivity contribution is -0.121. The Morgan fingerprint density at radius 1 is 1.39 bits per heavy atom. The molecule has 18 heavy (non-hydrogen) atoms. The van der Waals surface area contributed by atoms with Crippen LogP contribution in [0, 0.1) is 0 Å². The Morgan fingerprint density at radius 3 is 2.89 bits per heavy atom. The maximum Gasteiger partial charge on any atom is 0.198 e. The molecule has 0 heterocycles. The molecule has 1 unspecified atom stereocenters. The minimum atomic E-state index is -0.451. The molecule has 0 radical (unpaired) electrons. The molecule has 0 bridgehead atoms. The summed E-state index contributed by atoms with van der Waals surface area (Å²) in [5.74, 6) is 0.731. The molecule has 1 atom stereocenters. The number of halogens is 1. The Labute approximate surface area is 113 Å². The highest BCUT2D eigenvalue weighted by Crippen LogP contribution is 2.22. The maximum atomic E-state index is 12.2. The molecule has 0 spiro atoms. The quantitative estimate of drug-likeness (QED) is 0.816. The van der Waals surface area contributed by atoms with Crippen LogP contribution in [0.5, 0.6) is 5.75 Å². The number of hydrogen-bond acceptors (Lipinski definition) is 2. The van der Waals surface area contributed by atoms with Gasteiger partial charge >= 0.3 is 0 Å². The summed E-state index contributed by atoms with van der Waals surface area (Å²) in [7, 11) is 0. The number of benzene rings is 1. The van der Waals surface area contributed by atoms with Crippen LogP contribution < -0.4 is 4.74 Å². The molecule has 3 heteroatoms. The van der Waals surface area contributed by atoms with Crippen LogP contribution in [0.15, 0.2) is 35.9 Å². The van der Waals surface area contributed by atoms with Crippen molar-refractivity contribution in [3.8, 4) is 5.75 Å². The van der Waals surface area contributed by atoms with E-state index in [9.17, 15) is 4.79 Å². The van der Waals surface area contributed by atoms with Gasteiger partial charge in [0.15, 0.2) is 11.9 Å². The topological polar surface area (TPSA) is 26.3 Å². The van der Waals surface area contributed by atoms with E-state index in [0.717, 1.165) is 24.8 Å². The summed E-state index contributed by atoms with van der Waals surface area (Å²) in [4.78, 5) is 12.2. The first kappa shape index (κ1) is 13.2. The summed E-state index contributed by atoms with van der Waals surface area (Å²) in [5.41, 5.74) is 0.913. The molecule has 1 aliphatic rings. The summed E-state index contributed by atoms with van der Waals surface area (Å²) >= 11 is 5.88. The summed E-state index contributed by atoms with van der Waals surface area (Å²) in [6.07, 6.45) is 5.76. The number of hydrogen-bond donors (Lipinski definition) is 0. The van der Waals surface area contributed by atoms with E-state index in [-0.39, 0.29) is 5.78 Å². The number of carbonyl (C=O) groups is 1. The number of ether oxygens (including phenoxy) is 1. The Morgan fingerprint density at radius 2 is 2.22 bits per heavy atom. The molecule has 2 rings (SSSR count). The van der Waals surface area contributed by atoms with Crippen molar-refractivity contribution in [1.82, 2.24) is 0 Å². The van der Waals surface area contributed by atoms with Gasteiger partial charge in [-0.25, -0.2) is 0 Å². The third-order valence-corrected chi connectivity index (χ3v) is 3.32. The third kappa shape index (κ3) is 3.36. The van der Waals surface area contributed by atoms with Crippen molar-refractivity contribution < 1.29 is 9.53 Å². The highest BCUT2D eigenvalue weighted by atomic mass is 35.5. The van der Waals surface area contributed by atoms with E-state index in [1.807, 2.05) is 18.2 Å². The van der Waals surface area contributed by atoms with Crippen molar-refractivity contribution in [2.24, 2.45) is 0 Å². The zero-order chi connectivity index (χ0) is 13.0. The fraction of sp³-hybridized carbons (Fsp3) is 0.400. The second kappa shape index (κ2) is 6.05. The van der Waals surface area contributed by atoms with Crippen molar-refractivity contribution in [2.45, 2.75) is 38.7 Å². The SMILES string of the molecule is CC(Oc1cccc(Cl)c1)C(=O)C1=CCCCC1. The van der Waals surface area contributed by atoms with Crippen molar-refractivity contribution in [2.75, 3.05) is 0 Å². The first-order valence-electron chi connectivity index (χ1n) is 6.32. The van der Waals surface area contributed by atoms with Crippen LogP contribution in [0.3, 0.4) is 0 Å². The molecule has 1 aliphatic carbocycles. The Bertz CT molecular complexity index is 465. The highest BCUT2D eigenvalue weighted by Gasteiger charge is 2.20. The highest BCUT2D eigenvalue weighted by molar-refractivity contribution is 6.30. The van der Waals surface area contributed by atoms with Gasteiger partial charge in [-0.05, 0) is 56.4 Å². The average molecular weight is 265 g/mol. The zero-order valence-corrected chi connectivity index (χ0v) is 11.2. The summed E-state index contributed by atoms with van der Waals surface area (Å²) in [6.45, 7) is 1.79. The Hall–Kier alpha value is -1.28. The van der Waals surface area contributed by atoms with E-state index >= 15 is 0 Å². The first-order valence-corrected chi connectivity index (χ1v) is 6.70. The minimum Gasteiger partial charge on any atom is -0.483 e. The molecule has 0 aromatic heterocycles. The second-order valence-electron chi connectivity index (χ2n) is 4.56. The maximum absolute atomic E-state index is 12.2. The molecule has 1 aromatic rings. The molecule has 0 aliphatic heterocycles. The Balaban J connectivity index is 2.01. The van der Waals surface area contributed by atoms with E-state index in [1.165, 1.54) is 6.42 Å². The molecular formula is C15H17ClO2. The number of carbonyl (C=O) groups excluding carboxylic acids is 1. The van der Waals surface area contributed by atoms with Crippen molar-refractivity contribution >= 4 is 17.4 Å². The first-order chi connectivity index (χ1) is 8.66. The molecule has 1 aromatic carbocycles. The normalized spacial score (nSPS) is 16.9. The van der Waals surface area contributed by atoms with E-state index < -0.39 is 6.10 Å². The predicted molar refractivity (Wildman–Crippen MR) is 73.1 cm³/mol. The summed E-state index contributed by atoms with van der Waals surface area (Å²) in [5, 5.41) is 0.615. The fourth-order valence-electron chi connectivity index (χ4n) is 2.12. The predicted octanol–water partition coefficient (Wildman–Crippen LogP) is 4.18. The summed E-state index contributed by atoms with van der Waals surface area (Å²) in [6, 6.07) is 7.13. The second-order valence-corrected chi connectivity index (χ2v) is 4.99. The van der Waals surface area contributed by atoms with Crippen LogP contribution in [0.25, 0.3) is 0 Å². The van der Waals surface area contributed by atoms with Crippen molar-refractivity contribution in [1.29, 1.82) is 0 Å². The molecule has 2 nitrogen and oxygen atoms in total. The lowest BCUT2D eigenvalue weighted by Gasteiger charge is -2.17. The van der Waals surface area contributed by atoms with Gasteiger partial charge in [-0.1, -0.05) is 23.7 Å². The molecule has 0 amide bonds. The van der Waals surface area contributed by atoms with E-state index in [1.54, 1.807) is 19.1 Å². The van der Waals surface area contributed by atoms with Crippen LogP contribution in [0.4, 0.5) is 0 Å². The van der Waals surface area contributed by atoms with Gasteiger partial charge in [0.25, 0.3) is 0 Å². The zero-order valence-electron chi connectivity index (χ0n) is 10.5. The standard InChI is InChI=1S/C15H17ClO2/c1-11(15(17)12-6-3-2-4-7-12)18-14-9-5-8-13(16)10-14/h5-6,8-11H,2-4,7H2,1H3. The molecule has 0 N–H and O–H groups in total. The van der Waals surface area contributed by atoms with Crippen molar-refractivity contribution in [3.05, 3.63) is 40.9 Å². The minimum absolute atomic E-state index is 0.0923. The van der Waals surface area contributed by atoms with Gasteiger partial charge in [0, 0.05) is 5.02 Å².